The first-order chi connectivity index (χ1) is 6.11. The molecule has 13 heavy (non-hydrogen) atoms. The van der Waals surface area contributed by atoms with Gasteiger partial charge in [-0.3, -0.25) is 0 Å². The van der Waals surface area contributed by atoms with E-state index >= 15 is 0 Å². The van der Waals surface area contributed by atoms with Crippen LogP contribution in [0.4, 0.5) is 4.79 Å². The van der Waals surface area contributed by atoms with Gasteiger partial charge in [-0.05, 0) is 12.8 Å². The highest BCUT2D eigenvalue weighted by atomic mass is 16.5. The van der Waals surface area contributed by atoms with Crippen LogP contribution in [0.3, 0.4) is 0 Å². The smallest absolute Gasteiger partial charge is 0.407 e. The molecule has 0 rings (SSSR count). The highest BCUT2D eigenvalue weighted by molar-refractivity contribution is 5.67. The summed E-state index contributed by atoms with van der Waals surface area (Å²) in [7, 11) is 1.35. The molecule has 0 saturated heterocycles. The summed E-state index contributed by atoms with van der Waals surface area (Å²) < 4.78 is 9.74. The maximum Gasteiger partial charge on any atom is 0.407 e. The predicted octanol–water partition coefficient (Wildman–Crippen LogP) is 1.40. The minimum Gasteiger partial charge on any atom is -0.453 e. The second kappa shape index (κ2) is 6.71. The van der Waals surface area contributed by atoms with Gasteiger partial charge >= 0.3 is 6.09 Å². The molecule has 1 amide bonds. The fourth-order valence-corrected chi connectivity index (χ4v) is 0.856. The molecule has 0 aromatic heterocycles. The minimum absolute atomic E-state index is 0.0207. The van der Waals surface area contributed by atoms with Gasteiger partial charge in [0.15, 0.2) is 0 Å². The van der Waals surface area contributed by atoms with Gasteiger partial charge in [-0.1, -0.05) is 13.8 Å². The number of carbonyl (C=O) groups is 1. The molecule has 0 saturated carbocycles. The van der Waals surface area contributed by atoms with Crippen LogP contribution in [0.1, 0.15) is 20.8 Å². The van der Waals surface area contributed by atoms with Crippen LogP contribution < -0.4 is 5.32 Å². The van der Waals surface area contributed by atoms with Crippen LogP contribution in [0.25, 0.3) is 0 Å². The van der Waals surface area contributed by atoms with E-state index in [1.807, 2.05) is 20.8 Å². The highest BCUT2D eigenvalue weighted by Crippen LogP contribution is 2.02. The lowest BCUT2D eigenvalue weighted by Gasteiger charge is -2.21. The van der Waals surface area contributed by atoms with Crippen molar-refractivity contribution in [3.05, 3.63) is 0 Å². The maximum atomic E-state index is 10.9. The molecule has 4 heteroatoms. The SMILES string of the molecule is CCOCC(NC(=O)OC)C(C)C. The Labute approximate surface area is 79.6 Å². The highest BCUT2D eigenvalue weighted by Gasteiger charge is 2.15. The molecule has 4 nitrogen and oxygen atoms in total. The summed E-state index contributed by atoms with van der Waals surface area (Å²) in [5, 5.41) is 2.71. The molecule has 1 unspecified atom stereocenters. The van der Waals surface area contributed by atoms with E-state index in [0.29, 0.717) is 19.1 Å². The summed E-state index contributed by atoms with van der Waals surface area (Å²) in [5.74, 6) is 0.339. The number of ether oxygens (including phenoxy) is 2. The molecule has 0 aliphatic carbocycles. The van der Waals surface area contributed by atoms with Crippen molar-refractivity contribution in [1.82, 2.24) is 5.32 Å². The second-order valence-electron chi connectivity index (χ2n) is 3.15. The standard InChI is InChI=1S/C9H19NO3/c1-5-13-6-8(7(2)3)10-9(11)12-4/h7-8H,5-6H2,1-4H3,(H,10,11). The molecule has 0 heterocycles. The minimum atomic E-state index is -0.404. The van der Waals surface area contributed by atoms with E-state index in [0.717, 1.165) is 0 Å². The molecular weight excluding hydrogens is 170 g/mol. The van der Waals surface area contributed by atoms with Crippen molar-refractivity contribution in [3.8, 4) is 0 Å². The maximum absolute atomic E-state index is 10.9. The summed E-state index contributed by atoms with van der Waals surface area (Å²) in [5.41, 5.74) is 0. The van der Waals surface area contributed by atoms with Gasteiger partial charge in [-0.2, -0.15) is 0 Å². The lowest BCUT2D eigenvalue weighted by molar-refractivity contribution is 0.101. The van der Waals surface area contributed by atoms with Gasteiger partial charge in [0.25, 0.3) is 0 Å². The molecular formula is C9H19NO3. The molecule has 0 spiro atoms. The Morgan fingerprint density at radius 2 is 2.08 bits per heavy atom. The lowest BCUT2D eigenvalue weighted by Crippen LogP contribution is -2.41. The number of methoxy groups -OCH3 is 1. The number of amides is 1. The van der Waals surface area contributed by atoms with Crippen LogP contribution in [0, 0.1) is 5.92 Å². The first-order valence-electron chi connectivity index (χ1n) is 4.54. The quantitative estimate of drug-likeness (QED) is 0.711. The zero-order chi connectivity index (χ0) is 10.3. The Hall–Kier alpha value is -0.770. The van der Waals surface area contributed by atoms with E-state index in [9.17, 15) is 4.79 Å². The third-order valence-electron chi connectivity index (χ3n) is 1.79. The van der Waals surface area contributed by atoms with Crippen LogP contribution in [0.15, 0.2) is 0 Å². The van der Waals surface area contributed by atoms with Crippen molar-refractivity contribution < 1.29 is 14.3 Å². The molecule has 0 radical (unpaired) electrons. The molecule has 0 aliphatic heterocycles. The van der Waals surface area contributed by atoms with Crippen LogP contribution in [0.2, 0.25) is 0 Å². The van der Waals surface area contributed by atoms with Crippen LogP contribution in [-0.4, -0.2) is 32.5 Å². The van der Waals surface area contributed by atoms with Crippen LogP contribution in [-0.2, 0) is 9.47 Å². The zero-order valence-electron chi connectivity index (χ0n) is 8.79. The largest absolute Gasteiger partial charge is 0.453 e. The Morgan fingerprint density at radius 1 is 1.46 bits per heavy atom. The van der Waals surface area contributed by atoms with E-state index in [-0.39, 0.29) is 6.04 Å². The Balaban J connectivity index is 3.87. The molecule has 1 atom stereocenters. The number of hydrogen-bond donors (Lipinski definition) is 1. The van der Waals surface area contributed by atoms with E-state index in [4.69, 9.17) is 4.74 Å². The summed E-state index contributed by atoms with van der Waals surface area (Å²) >= 11 is 0. The number of hydrogen-bond acceptors (Lipinski definition) is 3. The second-order valence-corrected chi connectivity index (χ2v) is 3.15. The number of rotatable bonds is 5. The third kappa shape index (κ3) is 5.47. The van der Waals surface area contributed by atoms with Crippen LogP contribution >= 0.6 is 0 Å². The molecule has 78 valence electrons. The van der Waals surface area contributed by atoms with Gasteiger partial charge < -0.3 is 14.8 Å². The van der Waals surface area contributed by atoms with Gasteiger partial charge in [0, 0.05) is 6.61 Å². The molecule has 0 aromatic carbocycles. The first-order valence-corrected chi connectivity index (χ1v) is 4.54. The third-order valence-corrected chi connectivity index (χ3v) is 1.79. The monoisotopic (exact) mass is 189 g/mol. The fourth-order valence-electron chi connectivity index (χ4n) is 0.856. The molecule has 0 bridgehead atoms. The summed E-state index contributed by atoms with van der Waals surface area (Å²) in [4.78, 5) is 10.9. The summed E-state index contributed by atoms with van der Waals surface area (Å²) in [6.45, 7) is 7.17. The van der Waals surface area contributed by atoms with E-state index in [1.54, 1.807) is 0 Å². The number of alkyl carbamates (subject to hydrolysis) is 1. The average molecular weight is 189 g/mol. The molecule has 0 aromatic rings. The average Bonchev–Trinajstić information content (AvgIpc) is 2.11. The molecule has 0 aliphatic rings. The molecule has 1 N–H and O–H groups in total. The Morgan fingerprint density at radius 3 is 2.46 bits per heavy atom. The number of carbonyl (C=O) groups excluding carboxylic acids is 1. The predicted molar refractivity (Wildman–Crippen MR) is 50.7 cm³/mol. The van der Waals surface area contributed by atoms with Crippen molar-refractivity contribution in [2.75, 3.05) is 20.3 Å². The van der Waals surface area contributed by atoms with E-state index in [2.05, 4.69) is 10.1 Å². The van der Waals surface area contributed by atoms with Crippen molar-refractivity contribution >= 4 is 6.09 Å². The Kier molecular flexibility index (Phi) is 6.32. The van der Waals surface area contributed by atoms with Gasteiger partial charge in [0.1, 0.15) is 0 Å². The topological polar surface area (TPSA) is 47.6 Å². The fraction of sp³-hybridized carbons (Fsp3) is 0.889. The molecule has 0 fully saturated rings. The lowest BCUT2D eigenvalue weighted by atomic mass is 10.1. The first kappa shape index (κ1) is 12.2. The summed E-state index contributed by atoms with van der Waals surface area (Å²) in [6.07, 6.45) is -0.404. The number of nitrogens with one attached hydrogen (secondary N) is 1. The van der Waals surface area contributed by atoms with Crippen molar-refractivity contribution in [2.24, 2.45) is 5.92 Å². The van der Waals surface area contributed by atoms with Crippen molar-refractivity contribution in [1.29, 1.82) is 0 Å². The Bertz CT molecular complexity index is 148. The van der Waals surface area contributed by atoms with Crippen LogP contribution in [0.5, 0.6) is 0 Å². The van der Waals surface area contributed by atoms with Crippen molar-refractivity contribution in [2.45, 2.75) is 26.8 Å². The van der Waals surface area contributed by atoms with Crippen molar-refractivity contribution in [3.63, 3.8) is 0 Å². The summed E-state index contributed by atoms with van der Waals surface area (Å²) in [6, 6.07) is 0.0207. The van der Waals surface area contributed by atoms with E-state index < -0.39 is 6.09 Å². The van der Waals surface area contributed by atoms with Gasteiger partial charge in [-0.15, -0.1) is 0 Å². The van der Waals surface area contributed by atoms with Gasteiger partial charge in [0.2, 0.25) is 0 Å². The zero-order valence-corrected chi connectivity index (χ0v) is 8.79. The van der Waals surface area contributed by atoms with Gasteiger partial charge in [-0.25, -0.2) is 4.79 Å². The normalized spacial score (nSPS) is 12.7. The van der Waals surface area contributed by atoms with Gasteiger partial charge in [0.05, 0.1) is 19.8 Å². The van der Waals surface area contributed by atoms with E-state index in [1.165, 1.54) is 7.11 Å².